The Balaban J connectivity index is 1.84. The van der Waals surface area contributed by atoms with Crippen LogP contribution in [-0.4, -0.2) is 25.0 Å². The highest BCUT2D eigenvalue weighted by Gasteiger charge is 2.27. The second-order valence-corrected chi connectivity index (χ2v) is 7.30. The van der Waals surface area contributed by atoms with E-state index in [4.69, 9.17) is 10.5 Å². The molecule has 0 aliphatic heterocycles. The van der Waals surface area contributed by atoms with Crippen LogP contribution in [0.2, 0.25) is 0 Å². The second-order valence-electron chi connectivity index (χ2n) is 6.22. The summed E-state index contributed by atoms with van der Waals surface area (Å²) in [6.07, 6.45) is 10.1. The highest BCUT2D eigenvalue weighted by Crippen LogP contribution is 2.30. The van der Waals surface area contributed by atoms with Crippen molar-refractivity contribution in [3.05, 3.63) is 50.8 Å². The molecular weight excluding hydrogens is 320 g/mol. The number of hydrogen-bond acceptors (Lipinski definition) is 3. The van der Waals surface area contributed by atoms with Crippen molar-refractivity contribution in [1.82, 2.24) is 0 Å². The Morgan fingerprint density at radius 3 is 2.92 bits per heavy atom. The minimum atomic E-state index is -0.270. The van der Waals surface area contributed by atoms with Gasteiger partial charge in [-0.05, 0) is 43.0 Å². The predicted octanol–water partition coefficient (Wildman–Crippen LogP) is 3.74. The van der Waals surface area contributed by atoms with Gasteiger partial charge in [-0.1, -0.05) is 25.2 Å². The zero-order chi connectivity index (χ0) is 17.3. The molecule has 126 valence electrons. The molecule has 0 saturated heterocycles. The van der Waals surface area contributed by atoms with E-state index in [0.717, 1.165) is 28.9 Å². The third kappa shape index (κ3) is 3.14. The number of fused-ring (bicyclic) bond motifs is 1. The van der Waals surface area contributed by atoms with Crippen LogP contribution in [0, 0.1) is 5.92 Å². The predicted molar refractivity (Wildman–Crippen MR) is 99.4 cm³/mol. The maximum absolute atomic E-state index is 12.5. The number of methoxy groups -OCH3 is 1. The number of amides is 1. The number of hydrogen-bond donors (Lipinski definition) is 1. The van der Waals surface area contributed by atoms with Gasteiger partial charge in [-0.2, -0.15) is 4.99 Å². The zero-order valence-corrected chi connectivity index (χ0v) is 15.0. The highest BCUT2D eigenvalue weighted by molar-refractivity contribution is 7.15. The SMILES string of the molecule is COC1C(C)=CC=C(C(N)=NC(=O)c2cc3c(s2)C=CCC3)C1C. The molecule has 1 amide bonds. The largest absolute Gasteiger partial charge is 0.383 e. The van der Waals surface area contributed by atoms with Gasteiger partial charge in [-0.15, -0.1) is 11.3 Å². The number of ether oxygens (including phenoxy) is 1. The van der Waals surface area contributed by atoms with Crippen molar-refractivity contribution < 1.29 is 9.53 Å². The smallest absolute Gasteiger partial charge is 0.289 e. The van der Waals surface area contributed by atoms with E-state index in [1.807, 2.05) is 32.1 Å². The first-order chi connectivity index (χ1) is 11.5. The molecule has 0 radical (unpaired) electrons. The van der Waals surface area contributed by atoms with Crippen LogP contribution in [0.15, 0.2) is 40.4 Å². The molecule has 24 heavy (non-hydrogen) atoms. The molecule has 0 aromatic carbocycles. The van der Waals surface area contributed by atoms with Crippen LogP contribution in [0.5, 0.6) is 0 Å². The topological polar surface area (TPSA) is 64.7 Å². The molecule has 2 aliphatic carbocycles. The number of carbonyl (C=O) groups excluding carboxylic acids is 1. The van der Waals surface area contributed by atoms with E-state index in [1.54, 1.807) is 7.11 Å². The molecule has 1 aromatic heterocycles. The van der Waals surface area contributed by atoms with E-state index in [9.17, 15) is 4.79 Å². The van der Waals surface area contributed by atoms with Crippen molar-refractivity contribution in [2.75, 3.05) is 7.11 Å². The van der Waals surface area contributed by atoms with Crippen LogP contribution in [0.3, 0.4) is 0 Å². The summed E-state index contributed by atoms with van der Waals surface area (Å²) in [7, 11) is 1.68. The third-order valence-electron chi connectivity index (χ3n) is 4.59. The molecule has 2 unspecified atom stereocenters. The summed E-state index contributed by atoms with van der Waals surface area (Å²) >= 11 is 1.48. The van der Waals surface area contributed by atoms with Gasteiger partial charge < -0.3 is 10.5 Å². The van der Waals surface area contributed by atoms with Gasteiger partial charge in [-0.25, -0.2) is 0 Å². The van der Waals surface area contributed by atoms with Crippen LogP contribution >= 0.6 is 11.3 Å². The number of thiophene rings is 1. The Morgan fingerprint density at radius 2 is 2.21 bits per heavy atom. The number of aliphatic imine (C=N–C) groups is 1. The van der Waals surface area contributed by atoms with Gasteiger partial charge >= 0.3 is 0 Å². The fourth-order valence-electron chi connectivity index (χ4n) is 3.28. The van der Waals surface area contributed by atoms with Crippen molar-refractivity contribution >= 4 is 29.2 Å². The molecule has 1 aromatic rings. The van der Waals surface area contributed by atoms with Crippen LogP contribution in [0.25, 0.3) is 6.08 Å². The van der Waals surface area contributed by atoms with Crippen molar-refractivity contribution in [1.29, 1.82) is 0 Å². The van der Waals surface area contributed by atoms with Crippen molar-refractivity contribution in [3.8, 4) is 0 Å². The Bertz CT molecular complexity index is 783. The molecular formula is C19H22N2O2S. The second kappa shape index (κ2) is 6.87. The number of allylic oxidation sites excluding steroid dienone is 3. The van der Waals surface area contributed by atoms with E-state index >= 15 is 0 Å². The first-order valence-corrected chi connectivity index (χ1v) is 8.92. The standard InChI is InChI=1S/C19H22N2O2S/c1-11-8-9-14(12(2)17(11)23-3)18(20)21-19(22)16-10-13-6-4-5-7-15(13)24-16/h5,7-10,12,17H,4,6H2,1-3H3,(H2,20,21,22). The van der Waals surface area contributed by atoms with E-state index in [1.165, 1.54) is 16.9 Å². The minimum absolute atomic E-state index is 0.0342. The van der Waals surface area contributed by atoms with Gasteiger partial charge in [0.15, 0.2) is 0 Å². The monoisotopic (exact) mass is 342 g/mol. The lowest BCUT2D eigenvalue weighted by Crippen LogP contribution is -2.32. The Kier molecular flexibility index (Phi) is 4.83. The van der Waals surface area contributed by atoms with Gasteiger partial charge in [0.25, 0.3) is 5.91 Å². The number of rotatable bonds is 3. The van der Waals surface area contributed by atoms with Gasteiger partial charge in [0.1, 0.15) is 5.84 Å². The minimum Gasteiger partial charge on any atom is -0.383 e. The number of carbonyl (C=O) groups is 1. The third-order valence-corrected chi connectivity index (χ3v) is 5.72. The maximum atomic E-state index is 12.5. The first-order valence-electron chi connectivity index (χ1n) is 8.10. The summed E-state index contributed by atoms with van der Waals surface area (Å²) in [4.78, 5) is 18.4. The first kappa shape index (κ1) is 16.9. The van der Waals surface area contributed by atoms with Crippen molar-refractivity contribution in [2.24, 2.45) is 16.6 Å². The van der Waals surface area contributed by atoms with Crippen molar-refractivity contribution in [3.63, 3.8) is 0 Å². The van der Waals surface area contributed by atoms with Gasteiger partial charge in [0.2, 0.25) is 0 Å². The van der Waals surface area contributed by atoms with E-state index in [2.05, 4.69) is 17.1 Å². The Morgan fingerprint density at radius 1 is 1.42 bits per heavy atom. The van der Waals surface area contributed by atoms with Crippen LogP contribution in [0.4, 0.5) is 0 Å². The number of nitrogens with two attached hydrogens (primary N) is 1. The summed E-state index contributed by atoms with van der Waals surface area (Å²) in [5, 5.41) is 0. The molecule has 0 fully saturated rings. The zero-order valence-electron chi connectivity index (χ0n) is 14.2. The quantitative estimate of drug-likeness (QED) is 0.672. The van der Waals surface area contributed by atoms with Gasteiger partial charge in [0, 0.05) is 23.5 Å². The summed E-state index contributed by atoms with van der Waals surface area (Å²) in [5.41, 5.74) is 9.35. The molecule has 0 spiro atoms. The van der Waals surface area contributed by atoms with Gasteiger partial charge in [0.05, 0.1) is 11.0 Å². The number of aryl methyl sites for hydroxylation is 1. The fourth-order valence-corrected chi connectivity index (χ4v) is 4.30. The lowest BCUT2D eigenvalue weighted by atomic mass is 9.85. The number of amidine groups is 1. The number of nitrogens with zero attached hydrogens (tertiary/aromatic N) is 1. The molecule has 1 heterocycles. The average molecular weight is 342 g/mol. The van der Waals surface area contributed by atoms with Gasteiger partial charge in [-0.3, -0.25) is 4.79 Å². The van der Waals surface area contributed by atoms with E-state index in [0.29, 0.717) is 4.88 Å². The van der Waals surface area contributed by atoms with E-state index in [-0.39, 0.29) is 23.8 Å². The van der Waals surface area contributed by atoms with Crippen LogP contribution in [-0.2, 0) is 11.2 Å². The Labute approximate surface area is 146 Å². The lowest BCUT2D eigenvalue weighted by Gasteiger charge is -2.28. The highest BCUT2D eigenvalue weighted by atomic mass is 32.1. The summed E-state index contributed by atoms with van der Waals surface area (Å²) in [6.45, 7) is 4.07. The summed E-state index contributed by atoms with van der Waals surface area (Å²) in [6, 6.07) is 1.95. The molecule has 2 N–H and O–H groups in total. The molecule has 0 saturated carbocycles. The molecule has 0 bridgehead atoms. The lowest BCUT2D eigenvalue weighted by molar-refractivity contribution is 0.0989. The summed E-state index contributed by atoms with van der Waals surface area (Å²) < 4.78 is 5.53. The Hall–Kier alpha value is -1.98. The molecule has 3 rings (SSSR count). The average Bonchev–Trinajstić information content (AvgIpc) is 2.99. The molecule has 2 atom stereocenters. The normalized spacial score (nSPS) is 23.5. The maximum Gasteiger partial charge on any atom is 0.289 e. The fraction of sp³-hybridized carbons (Fsp3) is 0.368. The van der Waals surface area contributed by atoms with Crippen LogP contribution < -0.4 is 5.73 Å². The van der Waals surface area contributed by atoms with Crippen molar-refractivity contribution in [2.45, 2.75) is 32.8 Å². The molecule has 4 nitrogen and oxygen atoms in total. The summed E-state index contributed by atoms with van der Waals surface area (Å²) in [5.74, 6) is 0.0740. The molecule has 2 aliphatic rings. The van der Waals surface area contributed by atoms with E-state index < -0.39 is 0 Å². The van der Waals surface area contributed by atoms with Crippen LogP contribution in [0.1, 0.15) is 40.4 Å². The molecule has 5 heteroatoms.